The molecule has 6 nitrogen and oxygen atoms in total. The van der Waals surface area contributed by atoms with Gasteiger partial charge in [-0.3, -0.25) is 4.79 Å². The number of aromatic nitrogens is 3. The number of nitrogens with one attached hydrogen (secondary N) is 3. The number of anilines is 2. The van der Waals surface area contributed by atoms with Crippen LogP contribution < -0.4 is 10.6 Å². The Morgan fingerprint density at radius 2 is 1.91 bits per heavy atom. The Labute approximate surface area is 193 Å². The van der Waals surface area contributed by atoms with E-state index in [1.54, 1.807) is 30.5 Å². The van der Waals surface area contributed by atoms with Crippen LogP contribution in [0.15, 0.2) is 79.1 Å². The minimum absolute atomic E-state index is 0.161. The molecule has 2 heterocycles. The standard InChI is InChI=1S/C24H21F4N5O/c1-4-6-19(14(3)5-2)32-22-20(9-16(11-30-22)21-12-29-13-31-21)33-23(34)15-7-17(24(26,27)28)10-18(25)8-15/h4-13H,2H2,1,3H3,(H,29,31)(H,30,32)(H,33,34)/b6-4-,19-14+. The molecular weight excluding hydrogens is 450 g/mol. The van der Waals surface area contributed by atoms with E-state index in [2.05, 4.69) is 32.2 Å². The molecule has 1 aromatic carbocycles. The van der Waals surface area contributed by atoms with Gasteiger partial charge in [-0.1, -0.05) is 18.7 Å². The number of benzene rings is 1. The molecule has 1 amide bonds. The summed E-state index contributed by atoms with van der Waals surface area (Å²) in [5.74, 6) is -1.89. The molecule has 2 aromatic heterocycles. The van der Waals surface area contributed by atoms with Crippen LogP contribution in [0.3, 0.4) is 0 Å². The summed E-state index contributed by atoms with van der Waals surface area (Å²) in [6.07, 6.45) is 4.93. The average Bonchev–Trinajstić information content (AvgIpc) is 3.33. The molecule has 34 heavy (non-hydrogen) atoms. The Bertz CT molecular complexity index is 1260. The summed E-state index contributed by atoms with van der Waals surface area (Å²) in [7, 11) is 0. The van der Waals surface area contributed by atoms with Crippen LogP contribution >= 0.6 is 0 Å². The molecule has 0 saturated heterocycles. The summed E-state index contributed by atoms with van der Waals surface area (Å²) in [6, 6.07) is 3.22. The van der Waals surface area contributed by atoms with Crippen molar-refractivity contribution in [3.63, 3.8) is 0 Å². The van der Waals surface area contributed by atoms with Crippen LogP contribution in [0.5, 0.6) is 0 Å². The molecule has 0 spiro atoms. The van der Waals surface area contributed by atoms with Crippen LogP contribution in [-0.4, -0.2) is 20.9 Å². The number of nitrogens with zero attached hydrogens (tertiary/aromatic N) is 2. The second kappa shape index (κ2) is 10.2. The zero-order chi connectivity index (χ0) is 24.9. The molecule has 0 aliphatic rings. The Morgan fingerprint density at radius 1 is 1.15 bits per heavy atom. The summed E-state index contributed by atoms with van der Waals surface area (Å²) < 4.78 is 53.1. The number of rotatable bonds is 7. The number of amides is 1. The molecule has 0 unspecified atom stereocenters. The van der Waals surface area contributed by atoms with Gasteiger partial charge in [0.05, 0.1) is 29.5 Å². The van der Waals surface area contributed by atoms with Crippen LogP contribution in [-0.2, 0) is 6.18 Å². The lowest BCUT2D eigenvalue weighted by molar-refractivity contribution is -0.137. The SMILES string of the molecule is C=C/C(C)=C(\C=C/C)Nc1ncc(-c2cnc[nH]2)cc1NC(=O)c1cc(F)cc(C(F)(F)F)c1. The highest BCUT2D eigenvalue weighted by Crippen LogP contribution is 2.32. The van der Waals surface area contributed by atoms with Crippen molar-refractivity contribution in [3.8, 4) is 11.3 Å². The number of alkyl halides is 3. The first-order chi connectivity index (χ1) is 16.1. The summed E-state index contributed by atoms with van der Waals surface area (Å²) in [6.45, 7) is 7.37. The van der Waals surface area contributed by atoms with E-state index < -0.39 is 29.0 Å². The smallest absolute Gasteiger partial charge is 0.345 e. The van der Waals surface area contributed by atoms with Crippen LogP contribution in [0.25, 0.3) is 11.3 Å². The van der Waals surface area contributed by atoms with E-state index in [1.165, 1.54) is 12.5 Å². The van der Waals surface area contributed by atoms with Gasteiger partial charge in [0.25, 0.3) is 5.91 Å². The molecule has 0 saturated carbocycles. The molecule has 3 N–H and O–H groups in total. The number of imidazole rings is 1. The first kappa shape index (κ1) is 24.4. The maximum Gasteiger partial charge on any atom is 0.416 e. The molecule has 0 radical (unpaired) electrons. The Morgan fingerprint density at radius 3 is 2.53 bits per heavy atom. The number of aromatic amines is 1. The number of allylic oxidation sites excluding steroid dienone is 4. The summed E-state index contributed by atoms with van der Waals surface area (Å²) in [5.41, 5.74) is 0.997. The van der Waals surface area contributed by atoms with E-state index in [9.17, 15) is 22.4 Å². The molecule has 0 aliphatic heterocycles. The van der Waals surface area contributed by atoms with Crippen LogP contribution in [0.4, 0.5) is 29.1 Å². The average molecular weight is 471 g/mol. The van der Waals surface area contributed by atoms with Crippen molar-refractivity contribution in [2.75, 3.05) is 10.6 Å². The first-order valence-electron chi connectivity index (χ1n) is 10.0. The van der Waals surface area contributed by atoms with Gasteiger partial charge < -0.3 is 15.6 Å². The van der Waals surface area contributed by atoms with Crippen LogP contribution in [0, 0.1) is 5.82 Å². The van der Waals surface area contributed by atoms with Gasteiger partial charge in [-0.2, -0.15) is 13.2 Å². The molecular formula is C24H21F4N5O. The number of H-pyrrole nitrogens is 1. The highest BCUT2D eigenvalue weighted by Gasteiger charge is 2.32. The van der Waals surface area contributed by atoms with Crippen molar-refractivity contribution in [2.45, 2.75) is 20.0 Å². The van der Waals surface area contributed by atoms with E-state index >= 15 is 0 Å². The van der Waals surface area contributed by atoms with Crippen LogP contribution in [0.1, 0.15) is 29.8 Å². The quantitative estimate of drug-likeness (QED) is 0.278. The number of pyridine rings is 1. The van der Waals surface area contributed by atoms with E-state index in [1.807, 2.05) is 13.8 Å². The van der Waals surface area contributed by atoms with E-state index in [0.29, 0.717) is 29.1 Å². The summed E-state index contributed by atoms with van der Waals surface area (Å²) >= 11 is 0. The first-order valence-corrected chi connectivity index (χ1v) is 10.0. The van der Waals surface area contributed by atoms with Gasteiger partial charge in [0.2, 0.25) is 0 Å². The molecule has 3 rings (SSSR count). The second-order valence-electron chi connectivity index (χ2n) is 7.19. The van der Waals surface area contributed by atoms with Crippen molar-refractivity contribution < 1.29 is 22.4 Å². The van der Waals surface area contributed by atoms with Gasteiger partial charge in [0.1, 0.15) is 5.82 Å². The van der Waals surface area contributed by atoms with Crippen molar-refractivity contribution in [3.05, 3.63) is 96.0 Å². The normalized spacial score (nSPS) is 12.4. The fourth-order valence-electron chi connectivity index (χ4n) is 2.98. The zero-order valence-electron chi connectivity index (χ0n) is 18.3. The number of hydrogen-bond donors (Lipinski definition) is 3. The lowest BCUT2D eigenvalue weighted by atomic mass is 10.1. The van der Waals surface area contributed by atoms with E-state index in [0.717, 1.165) is 11.6 Å². The fourth-order valence-corrected chi connectivity index (χ4v) is 2.98. The van der Waals surface area contributed by atoms with Gasteiger partial charge in [0, 0.05) is 23.0 Å². The minimum Gasteiger partial charge on any atom is -0.345 e. The van der Waals surface area contributed by atoms with Gasteiger partial charge in [-0.25, -0.2) is 14.4 Å². The predicted molar refractivity (Wildman–Crippen MR) is 123 cm³/mol. The maximum absolute atomic E-state index is 13.8. The Balaban J connectivity index is 2.04. The second-order valence-corrected chi connectivity index (χ2v) is 7.19. The van der Waals surface area contributed by atoms with Gasteiger partial charge >= 0.3 is 6.18 Å². The Hall–Kier alpha value is -4.21. The monoisotopic (exact) mass is 471 g/mol. The molecule has 0 fully saturated rings. The molecule has 176 valence electrons. The largest absolute Gasteiger partial charge is 0.416 e. The van der Waals surface area contributed by atoms with E-state index in [-0.39, 0.29) is 11.5 Å². The van der Waals surface area contributed by atoms with Crippen molar-refractivity contribution >= 4 is 17.4 Å². The summed E-state index contributed by atoms with van der Waals surface area (Å²) in [4.78, 5) is 24.1. The third-order valence-corrected chi connectivity index (χ3v) is 4.75. The van der Waals surface area contributed by atoms with Gasteiger partial charge in [0.15, 0.2) is 5.82 Å². The van der Waals surface area contributed by atoms with Crippen molar-refractivity contribution in [2.24, 2.45) is 0 Å². The third kappa shape index (κ3) is 5.77. The van der Waals surface area contributed by atoms with Crippen molar-refractivity contribution in [1.82, 2.24) is 15.0 Å². The number of halogens is 4. The fraction of sp³-hybridized carbons (Fsp3) is 0.125. The number of hydrogen-bond acceptors (Lipinski definition) is 4. The molecule has 3 aromatic rings. The molecule has 10 heteroatoms. The van der Waals surface area contributed by atoms with Crippen LogP contribution in [0.2, 0.25) is 0 Å². The molecule has 0 aliphatic carbocycles. The zero-order valence-corrected chi connectivity index (χ0v) is 18.3. The molecule has 0 bridgehead atoms. The number of carbonyl (C=O) groups is 1. The lowest BCUT2D eigenvalue weighted by Crippen LogP contribution is -2.16. The Kier molecular flexibility index (Phi) is 7.30. The molecule has 0 atom stereocenters. The lowest BCUT2D eigenvalue weighted by Gasteiger charge is -2.16. The minimum atomic E-state index is -4.81. The third-order valence-electron chi connectivity index (χ3n) is 4.75. The number of carbonyl (C=O) groups excluding carboxylic acids is 1. The maximum atomic E-state index is 13.8. The predicted octanol–water partition coefficient (Wildman–Crippen LogP) is 6.33. The van der Waals surface area contributed by atoms with Crippen molar-refractivity contribution in [1.29, 1.82) is 0 Å². The topological polar surface area (TPSA) is 82.7 Å². The highest BCUT2D eigenvalue weighted by molar-refractivity contribution is 6.06. The van der Waals surface area contributed by atoms with E-state index in [4.69, 9.17) is 0 Å². The summed E-state index contributed by atoms with van der Waals surface area (Å²) in [5, 5.41) is 5.63. The highest BCUT2D eigenvalue weighted by atomic mass is 19.4. The van der Waals surface area contributed by atoms with Gasteiger partial charge in [-0.15, -0.1) is 0 Å². The van der Waals surface area contributed by atoms with Gasteiger partial charge in [-0.05, 0) is 49.8 Å².